The van der Waals surface area contributed by atoms with Crippen molar-refractivity contribution in [2.24, 2.45) is 0 Å². The standard InChI is InChI=1S/C14H20ClN3S/c1-10(2)18(3)9-5-8-16-14-17-12-7-4-6-11(15)13(12)19-14/h4,6-7,10H,5,8-9H2,1-3H3,(H,16,17). The van der Waals surface area contributed by atoms with Gasteiger partial charge in [-0.1, -0.05) is 29.0 Å². The third-order valence-corrected chi connectivity index (χ3v) is 4.70. The monoisotopic (exact) mass is 297 g/mol. The topological polar surface area (TPSA) is 28.2 Å². The average Bonchev–Trinajstić information content (AvgIpc) is 2.78. The first kappa shape index (κ1) is 14.6. The number of aromatic nitrogens is 1. The number of anilines is 1. The third kappa shape index (κ3) is 3.81. The third-order valence-electron chi connectivity index (χ3n) is 3.21. The molecule has 5 heteroatoms. The van der Waals surface area contributed by atoms with Crippen LogP contribution in [0.3, 0.4) is 0 Å². The van der Waals surface area contributed by atoms with Crippen LogP contribution in [-0.2, 0) is 0 Å². The van der Waals surface area contributed by atoms with Crippen LogP contribution < -0.4 is 5.32 Å². The fourth-order valence-electron chi connectivity index (χ4n) is 1.77. The highest BCUT2D eigenvalue weighted by Gasteiger charge is 2.06. The molecular formula is C14H20ClN3S. The van der Waals surface area contributed by atoms with Crippen LogP contribution in [0.2, 0.25) is 5.02 Å². The van der Waals surface area contributed by atoms with E-state index in [9.17, 15) is 0 Å². The molecule has 0 saturated heterocycles. The van der Waals surface area contributed by atoms with Crippen LogP contribution in [0.25, 0.3) is 10.2 Å². The summed E-state index contributed by atoms with van der Waals surface area (Å²) in [7, 11) is 2.15. The zero-order valence-electron chi connectivity index (χ0n) is 11.6. The van der Waals surface area contributed by atoms with Gasteiger partial charge in [0.25, 0.3) is 0 Å². The van der Waals surface area contributed by atoms with E-state index in [1.165, 1.54) is 0 Å². The summed E-state index contributed by atoms with van der Waals surface area (Å²) < 4.78 is 1.06. The maximum absolute atomic E-state index is 6.14. The fraction of sp³-hybridized carbons (Fsp3) is 0.500. The Morgan fingerprint density at radius 2 is 2.21 bits per heavy atom. The van der Waals surface area contributed by atoms with Crippen LogP contribution in [0, 0.1) is 0 Å². The van der Waals surface area contributed by atoms with Gasteiger partial charge in [-0.3, -0.25) is 0 Å². The molecule has 0 spiro atoms. The minimum Gasteiger partial charge on any atom is -0.361 e. The van der Waals surface area contributed by atoms with Crippen LogP contribution in [0.1, 0.15) is 20.3 Å². The number of nitrogens with zero attached hydrogens (tertiary/aromatic N) is 2. The number of hydrogen-bond acceptors (Lipinski definition) is 4. The van der Waals surface area contributed by atoms with Crippen molar-refractivity contribution in [3.05, 3.63) is 23.2 Å². The van der Waals surface area contributed by atoms with Gasteiger partial charge in [0, 0.05) is 12.6 Å². The predicted octanol–water partition coefficient (Wildman–Crippen LogP) is 4.09. The smallest absolute Gasteiger partial charge is 0.183 e. The van der Waals surface area contributed by atoms with Crippen molar-refractivity contribution in [3.8, 4) is 0 Å². The van der Waals surface area contributed by atoms with Gasteiger partial charge >= 0.3 is 0 Å². The second kappa shape index (κ2) is 6.55. The molecule has 0 radical (unpaired) electrons. The lowest BCUT2D eigenvalue weighted by Gasteiger charge is -2.20. The van der Waals surface area contributed by atoms with Crippen molar-refractivity contribution >= 4 is 38.3 Å². The number of hydrogen-bond donors (Lipinski definition) is 1. The van der Waals surface area contributed by atoms with E-state index in [2.05, 4.69) is 36.1 Å². The van der Waals surface area contributed by atoms with Crippen molar-refractivity contribution in [3.63, 3.8) is 0 Å². The first-order valence-electron chi connectivity index (χ1n) is 6.57. The lowest BCUT2D eigenvalue weighted by molar-refractivity contribution is 0.273. The molecule has 0 aliphatic rings. The first-order chi connectivity index (χ1) is 9.08. The molecular weight excluding hydrogens is 278 g/mol. The molecule has 0 aliphatic heterocycles. The fourth-order valence-corrected chi connectivity index (χ4v) is 2.95. The zero-order valence-corrected chi connectivity index (χ0v) is 13.2. The number of halogens is 1. The van der Waals surface area contributed by atoms with Gasteiger partial charge in [-0.05, 0) is 46.0 Å². The molecule has 2 rings (SSSR count). The van der Waals surface area contributed by atoms with E-state index in [0.29, 0.717) is 6.04 Å². The van der Waals surface area contributed by atoms with Gasteiger partial charge in [0.05, 0.1) is 15.2 Å². The Morgan fingerprint density at radius 3 is 2.89 bits per heavy atom. The summed E-state index contributed by atoms with van der Waals surface area (Å²) in [6, 6.07) is 6.44. The largest absolute Gasteiger partial charge is 0.361 e. The Hall–Kier alpha value is -0.840. The van der Waals surface area contributed by atoms with Crippen molar-refractivity contribution < 1.29 is 0 Å². The summed E-state index contributed by atoms with van der Waals surface area (Å²) in [5.74, 6) is 0. The number of rotatable bonds is 6. The van der Waals surface area contributed by atoms with Crippen LogP contribution in [-0.4, -0.2) is 36.1 Å². The quantitative estimate of drug-likeness (QED) is 0.814. The first-order valence-corrected chi connectivity index (χ1v) is 7.76. The van der Waals surface area contributed by atoms with Gasteiger partial charge in [0.15, 0.2) is 5.13 Å². The zero-order chi connectivity index (χ0) is 13.8. The second-order valence-corrected chi connectivity index (χ2v) is 6.37. The van der Waals surface area contributed by atoms with Gasteiger partial charge in [0.2, 0.25) is 0 Å². The Labute approximate surface area is 123 Å². The molecule has 1 N–H and O–H groups in total. The Morgan fingerprint density at radius 1 is 1.42 bits per heavy atom. The molecule has 0 fully saturated rings. The highest BCUT2D eigenvalue weighted by Crippen LogP contribution is 2.31. The lowest BCUT2D eigenvalue weighted by Crippen LogP contribution is -2.28. The van der Waals surface area contributed by atoms with Gasteiger partial charge < -0.3 is 10.2 Å². The van der Waals surface area contributed by atoms with E-state index in [1.54, 1.807) is 11.3 Å². The van der Waals surface area contributed by atoms with Gasteiger partial charge in [-0.25, -0.2) is 4.98 Å². The summed E-state index contributed by atoms with van der Waals surface area (Å²) in [5, 5.41) is 5.11. The highest BCUT2D eigenvalue weighted by atomic mass is 35.5. The van der Waals surface area contributed by atoms with Gasteiger partial charge in [-0.15, -0.1) is 0 Å². The second-order valence-electron chi connectivity index (χ2n) is 4.96. The molecule has 0 aliphatic carbocycles. The van der Waals surface area contributed by atoms with E-state index in [-0.39, 0.29) is 0 Å². The van der Waals surface area contributed by atoms with E-state index in [0.717, 1.165) is 39.9 Å². The predicted molar refractivity (Wildman–Crippen MR) is 85.5 cm³/mol. The summed E-state index contributed by atoms with van der Waals surface area (Å²) in [4.78, 5) is 6.88. The molecule has 104 valence electrons. The lowest BCUT2D eigenvalue weighted by atomic mass is 10.3. The average molecular weight is 298 g/mol. The molecule has 0 bridgehead atoms. The Bertz CT molecular complexity index is 538. The minimum atomic E-state index is 0.598. The van der Waals surface area contributed by atoms with Crippen LogP contribution in [0.5, 0.6) is 0 Å². The molecule has 0 saturated carbocycles. The van der Waals surface area contributed by atoms with Gasteiger partial charge in [-0.2, -0.15) is 0 Å². The Kier molecular flexibility index (Phi) is 5.02. The number of benzene rings is 1. The molecule has 0 unspecified atom stereocenters. The highest BCUT2D eigenvalue weighted by molar-refractivity contribution is 7.22. The summed E-state index contributed by atoms with van der Waals surface area (Å²) >= 11 is 7.77. The van der Waals surface area contributed by atoms with Crippen molar-refractivity contribution in [2.75, 3.05) is 25.5 Å². The molecule has 1 aromatic heterocycles. The van der Waals surface area contributed by atoms with Gasteiger partial charge in [0.1, 0.15) is 0 Å². The SMILES string of the molecule is CC(C)N(C)CCCNc1nc2cccc(Cl)c2s1. The van der Waals surface area contributed by atoms with Crippen LogP contribution in [0.15, 0.2) is 18.2 Å². The van der Waals surface area contributed by atoms with Crippen LogP contribution in [0.4, 0.5) is 5.13 Å². The van der Waals surface area contributed by atoms with Crippen molar-refractivity contribution in [1.29, 1.82) is 0 Å². The molecule has 0 atom stereocenters. The Balaban J connectivity index is 1.87. The van der Waals surface area contributed by atoms with Crippen molar-refractivity contribution in [1.82, 2.24) is 9.88 Å². The molecule has 2 aromatic rings. The maximum Gasteiger partial charge on any atom is 0.183 e. The number of fused-ring (bicyclic) bond motifs is 1. The molecule has 19 heavy (non-hydrogen) atoms. The van der Waals surface area contributed by atoms with Crippen LogP contribution >= 0.6 is 22.9 Å². The normalized spacial score (nSPS) is 11.7. The minimum absolute atomic E-state index is 0.598. The summed E-state index contributed by atoms with van der Waals surface area (Å²) in [5.41, 5.74) is 0.972. The summed E-state index contributed by atoms with van der Waals surface area (Å²) in [6.45, 7) is 6.46. The molecule has 3 nitrogen and oxygen atoms in total. The summed E-state index contributed by atoms with van der Waals surface area (Å²) in [6.07, 6.45) is 1.11. The molecule has 0 amide bonds. The van der Waals surface area contributed by atoms with Crippen molar-refractivity contribution in [2.45, 2.75) is 26.3 Å². The van der Waals surface area contributed by atoms with E-state index >= 15 is 0 Å². The molecule has 1 aromatic carbocycles. The maximum atomic E-state index is 6.14. The number of nitrogens with one attached hydrogen (secondary N) is 1. The molecule has 1 heterocycles. The van der Waals surface area contributed by atoms with E-state index in [4.69, 9.17) is 11.6 Å². The van der Waals surface area contributed by atoms with E-state index < -0.39 is 0 Å². The number of thiazole rings is 1. The van der Waals surface area contributed by atoms with E-state index in [1.807, 2.05) is 18.2 Å².